The van der Waals surface area contributed by atoms with E-state index in [0.29, 0.717) is 23.7 Å². The average Bonchev–Trinajstić information content (AvgIpc) is 2.94. The lowest BCUT2D eigenvalue weighted by atomic mass is 10.0. The van der Waals surface area contributed by atoms with E-state index in [1.807, 2.05) is 54.6 Å². The van der Waals surface area contributed by atoms with E-state index in [1.54, 1.807) is 29.2 Å². The summed E-state index contributed by atoms with van der Waals surface area (Å²) in [7, 11) is -3.61. The lowest BCUT2D eigenvalue weighted by molar-refractivity contribution is -0.141. The Morgan fingerprint density at radius 2 is 1.66 bits per heavy atom. The third-order valence-electron chi connectivity index (χ3n) is 6.62. The number of nitrogens with zero attached hydrogens (tertiary/aromatic N) is 2. The van der Waals surface area contributed by atoms with Crippen molar-refractivity contribution < 1.29 is 18.0 Å². The largest absolute Gasteiger partial charge is 0.354 e. The summed E-state index contributed by atoms with van der Waals surface area (Å²) in [5.74, 6) is -0.427. The smallest absolute Gasteiger partial charge is 0.243 e. The molecule has 3 aromatic carbocycles. The highest BCUT2D eigenvalue weighted by Gasteiger charge is 2.30. The zero-order valence-electron chi connectivity index (χ0n) is 23.4. The van der Waals surface area contributed by atoms with Gasteiger partial charge in [-0.15, -0.1) is 0 Å². The van der Waals surface area contributed by atoms with Crippen molar-refractivity contribution in [3.8, 4) is 0 Å². The second-order valence-electron chi connectivity index (χ2n) is 9.92. The second kappa shape index (κ2) is 15.9. The lowest BCUT2D eigenvalue weighted by Gasteiger charge is -2.32. The Labute approximate surface area is 257 Å². The highest BCUT2D eigenvalue weighted by molar-refractivity contribution is 9.10. The molecule has 0 saturated heterocycles. The number of halogens is 2. The Morgan fingerprint density at radius 3 is 2.29 bits per heavy atom. The fraction of sp³-hybridized carbons (Fsp3) is 0.355. The Kier molecular flexibility index (Phi) is 12.7. The van der Waals surface area contributed by atoms with Crippen molar-refractivity contribution in [2.24, 2.45) is 0 Å². The maximum Gasteiger partial charge on any atom is 0.243 e. The second-order valence-corrected chi connectivity index (χ2v) is 13.2. The first-order valence-electron chi connectivity index (χ1n) is 13.7. The quantitative estimate of drug-likeness (QED) is 0.196. The Bertz CT molecular complexity index is 1390. The molecular weight excluding hydrogens is 626 g/mol. The van der Waals surface area contributed by atoms with Crippen molar-refractivity contribution in [3.63, 3.8) is 0 Å². The van der Waals surface area contributed by atoms with Crippen LogP contribution in [-0.2, 0) is 32.6 Å². The first kappa shape index (κ1) is 32.6. The molecule has 3 rings (SSSR count). The van der Waals surface area contributed by atoms with Crippen LogP contribution in [0.25, 0.3) is 0 Å². The molecule has 0 spiro atoms. The Hall–Kier alpha value is -2.88. The molecule has 0 bridgehead atoms. The van der Waals surface area contributed by atoms with Crippen molar-refractivity contribution in [1.82, 2.24) is 10.2 Å². The number of hydrogen-bond acceptors (Lipinski definition) is 4. The van der Waals surface area contributed by atoms with E-state index >= 15 is 0 Å². The maximum absolute atomic E-state index is 13.9. The molecule has 1 atom stereocenters. The van der Waals surface area contributed by atoms with E-state index in [-0.39, 0.29) is 37.7 Å². The fourth-order valence-corrected chi connectivity index (χ4v) is 5.89. The summed E-state index contributed by atoms with van der Waals surface area (Å²) in [5.41, 5.74) is 2.27. The zero-order valence-corrected chi connectivity index (χ0v) is 26.6. The number of unbranched alkanes of at least 4 members (excludes halogenated alkanes) is 1. The fourth-order valence-electron chi connectivity index (χ4n) is 4.48. The van der Waals surface area contributed by atoms with Crippen LogP contribution in [0.4, 0.5) is 5.69 Å². The Balaban J connectivity index is 1.86. The molecular formula is C31H37BrClN3O4S. The summed E-state index contributed by atoms with van der Waals surface area (Å²) in [5, 5.41) is 3.44. The maximum atomic E-state index is 13.9. The molecule has 0 saturated carbocycles. The molecule has 0 fully saturated rings. The summed E-state index contributed by atoms with van der Waals surface area (Å²) in [6.07, 6.45) is 3.61. The van der Waals surface area contributed by atoms with E-state index in [1.165, 1.54) is 4.31 Å². The molecule has 220 valence electrons. The number of carbonyl (C=O) groups is 2. The normalized spacial score (nSPS) is 12.0. The van der Waals surface area contributed by atoms with Crippen molar-refractivity contribution in [2.75, 3.05) is 23.7 Å². The number of benzene rings is 3. The van der Waals surface area contributed by atoms with Crippen LogP contribution in [0.2, 0.25) is 5.02 Å². The summed E-state index contributed by atoms with van der Waals surface area (Å²) < 4.78 is 27.3. The highest BCUT2D eigenvalue weighted by Crippen LogP contribution is 2.23. The first-order chi connectivity index (χ1) is 19.6. The molecule has 0 radical (unpaired) electrons. The van der Waals surface area contributed by atoms with Crippen LogP contribution in [0.5, 0.6) is 0 Å². The van der Waals surface area contributed by atoms with Gasteiger partial charge in [-0.1, -0.05) is 89.4 Å². The van der Waals surface area contributed by atoms with Gasteiger partial charge in [0.2, 0.25) is 21.8 Å². The van der Waals surface area contributed by atoms with Crippen LogP contribution in [-0.4, -0.2) is 50.5 Å². The van der Waals surface area contributed by atoms with Crippen LogP contribution in [0, 0.1) is 0 Å². The molecule has 7 nitrogen and oxygen atoms in total. The molecule has 0 aliphatic carbocycles. The van der Waals surface area contributed by atoms with Crippen molar-refractivity contribution in [2.45, 2.75) is 51.6 Å². The van der Waals surface area contributed by atoms with Gasteiger partial charge in [-0.05, 0) is 54.3 Å². The van der Waals surface area contributed by atoms with E-state index in [9.17, 15) is 18.0 Å². The Morgan fingerprint density at radius 1 is 0.951 bits per heavy atom. The topological polar surface area (TPSA) is 86.8 Å². The van der Waals surface area contributed by atoms with Crippen LogP contribution in [0.15, 0.2) is 83.3 Å². The minimum Gasteiger partial charge on any atom is -0.354 e. The number of sulfonamides is 1. The summed E-state index contributed by atoms with van der Waals surface area (Å²) >= 11 is 9.56. The monoisotopic (exact) mass is 661 g/mol. The number of rotatable bonds is 15. The average molecular weight is 663 g/mol. The van der Waals surface area contributed by atoms with Gasteiger partial charge in [0.15, 0.2) is 0 Å². The molecule has 2 amide bonds. The third-order valence-corrected chi connectivity index (χ3v) is 8.57. The molecule has 0 aliphatic heterocycles. The molecule has 0 unspecified atom stereocenters. The minimum atomic E-state index is -3.61. The van der Waals surface area contributed by atoms with E-state index in [4.69, 9.17) is 11.6 Å². The van der Waals surface area contributed by atoms with Crippen molar-refractivity contribution >= 4 is 55.1 Å². The number of amides is 2. The molecule has 0 aromatic heterocycles. The number of hydrogen-bond donors (Lipinski definition) is 1. The number of anilines is 1. The molecule has 0 aliphatic rings. The van der Waals surface area contributed by atoms with Gasteiger partial charge >= 0.3 is 0 Å². The van der Waals surface area contributed by atoms with Crippen LogP contribution >= 0.6 is 27.5 Å². The van der Waals surface area contributed by atoms with Crippen LogP contribution in [0.3, 0.4) is 0 Å². The van der Waals surface area contributed by atoms with Crippen LogP contribution in [0.1, 0.15) is 43.7 Å². The van der Waals surface area contributed by atoms with Gasteiger partial charge < -0.3 is 10.2 Å². The van der Waals surface area contributed by atoms with Gasteiger partial charge in [-0.2, -0.15) is 0 Å². The van der Waals surface area contributed by atoms with Gasteiger partial charge in [0.25, 0.3) is 0 Å². The SMILES string of the molecule is CCCCNC(=O)[C@H](Cc1ccccc1)N(Cc1ccc(Br)cc1)C(=O)CCCN(c1cccc(Cl)c1)S(C)(=O)=O. The van der Waals surface area contributed by atoms with Gasteiger partial charge in [0, 0.05) is 42.0 Å². The predicted molar refractivity (Wildman–Crippen MR) is 169 cm³/mol. The van der Waals surface area contributed by atoms with Gasteiger partial charge in [0.05, 0.1) is 11.9 Å². The lowest BCUT2D eigenvalue weighted by Crippen LogP contribution is -2.50. The van der Waals surface area contributed by atoms with Gasteiger partial charge in [0.1, 0.15) is 6.04 Å². The highest BCUT2D eigenvalue weighted by atomic mass is 79.9. The van der Waals surface area contributed by atoms with Gasteiger partial charge in [-0.25, -0.2) is 8.42 Å². The number of carbonyl (C=O) groups excluding carboxylic acids is 2. The van der Waals surface area contributed by atoms with Crippen molar-refractivity contribution in [1.29, 1.82) is 0 Å². The molecule has 1 N–H and O–H groups in total. The van der Waals surface area contributed by atoms with E-state index < -0.39 is 16.1 Å². The van der Waals surface area contributed by atoms with Crippen LogP contribution < -0.4 is 9.62 Å². The molecule has 41 heavy (non-hydrogen) atoms. The standard InChI is InChI=1S/C31H37BrClN3O4S/c1-3-4-19-34-31(38)29(21-24-10-6-5-7-11-24)35(23-25-15-17-26(32)18-16-25)30(37)14-9-20-36(41(2,39)40)28-13-8-12-27(33)22-28/h5-8,10-13,15-18,22,29H,3-4,9,14,19-21,23H2,1-2H3,(H,34,38)/t29-/m0/s1. The molecule has 3 aromatic rings. The zero-order chi connectivity index (χ0) is 29.8. The summed E-state index contributed by atoms with van der Waals surface area (Å²) in [4.78, 5) is 29.0. The van der Waals surface area contributed by atoms with Gasteiger partial charge in [-0.3, -0.25) is 13.9 Å². The molecule has 10 heteroatoms. The number of nitrogens with one attached hydrogen (secondary N) is 1. The minimum absolute atomic E-state index is 0.0661. The third kappa shape index (κ3) is 10.5. The van der Waals surface area contributed by atoms with E-state index in [0.717, 1.165) is 34.7 Å². The van der Waals surface area contributed by atoms with Crippen molar-refractivity contribution in [3.05, 3.63) is 99.5 Å². The first-order valence-corrected chi connectivity index (χ1v) is 16.7. The van der Waals surface area contributed by atoms with E-state index in [2.05, 4.69) is 28.2 Å². The predicted octanol–water partition coefficient (Wildman–Crippen LogP) is 6.21. The molecule has 0 heterocycles. The summed E-state index contributed by atoms with van der Waals surface area (Å²) in [6.45, 7) is 2.93. The summed E-state index contributed by atoms with van der Waals surface area (Å²) in [6, 6.07) is 23.2.